The fraction of sp³-hybridized carbons (Fsp3) is 0.370. The van der Waals surface area contributed by atoms with Gasteiger partial charge in [-0.25, -0.2) is 19.7 Å². The molecular weight excluding hydrogens is 486 g/mol. The van der Waals surface area contributed by atoms with E-state index in [9.17, 15) is 9.90 Å². The topological polar surface area (TPSA) is 116 Å². The fourth-order valence-electron chi connectivity index (χ4n) is 4.44. The Bertz CT molecular complexity index is 1400. The number of anilines is 2. The van der Waals surface area contributed by atoms with E-state index in [0.29, 0.717) is 11.7 Å². The van der Waals surface area contributed by atoms with Gasteiger partial charge in [-0.15, -0.1) is 0 Å². The van der Waals surface area contributed by atoms with E-state index in [-0.39, 0.29) is 6.03 Å². The highest BCUT2D eigenvalue weighted by atomic mass is 32.1. The van der Waals surface area contributed by atoms with Crippen molar-refractivity contribution in [2.75, 3.05) is 29.9 Å². The van der Waals surface area contributed by atoms with Crippen LogP contribution in [0.3, 0.4) is 0 Å². The van der Waals surface area contributed by atoms with Crippen LogP contribution in [0, 0.1) is 5.92 Å². The van der Waals surface area contributed by atoms with E-state index in [1.165, 1.54) is 11.3 Å². The van der Waals surface area contributed by atoms with Crippen molar-refractivity contribution in [2.24, 2.45) is 5.92 Å². The Morgan fingerprint density at radius 1 is 1.16 bits per heavy atom. The molecule has 3 N–H and O–H groups in total. The molecule has 2 amide bonds. The Kier molecular flexibility index (Phi) is 7.29. The summed E-state index contributed by atoms with van der Waals surface area (Å²) in [5.74, 6) is 1.50. The second kappa shape index (κ2) is 10.8. The monoisotopic (exact) mass is 517 g/mol. The normalized spacial score (nSPS) is 15.1. The lowest BCUT2D eigenvalue weighted by molar-refractivity contribution is 0.199. The molecule has 0 saturated carbocycles. The van der Waals surface area contributed by atoms with Crippen LogP contribution in [0.5, 0.6) is 0 Å². The van der Waals surface area contributed by atoms with Crippen molar-refractivity contribution in [3.63, 3.8) is 0 Å². The minimum absolute atomic E-state index is 0.298. The summed E-state index contributed by atoms with van der Waals surface area (Å²) in [6.45, 7) is 8.35. The number of carbonyl (C=O) groups excluding carboxylic acids is 1. The van der Waals surface area contributed by atoms with E-state index in [2.05, 4.69) is 42.4 Å². The van der Waals surface area contributed by atoms with E-state index in [4.69, 9.17) is 0 Å². The molecular formula is C27H31N7O2S. The molecule has 1 atom stereocenters. The molecule has 1 aliphatic heterocycles. The van der Waals surface area contributed by atoms with Gasteiger partial charge in [0, 0.05) is 49.4 Å². The molecule has 37 heavy (non-hydrogen) atoms. The number of nitrogens with one attached hydrogen (secondary N) is 2. The van der Waals surface area contributed by atoms with Crippen molar-refractivity contribution in [3.05, 3.63) is 48.4 Å². The molecule has 1 saturated heterocycles. The second-order valence-corrected chi connectivity index (χ2v) is 10.5. The third-order valence-corrected chi connectivity index (χ3v) is 7.65. The third kappa shape index (κ3) is 5.55. The fourth-order valence-corrected chi connectivity index (χ4v) is 5.40. The van der Waals surface area contributed by atoms with Crippen molar-refractivity contribution in [1.82, 2.24) is 25.3 Å². The predicted molar refractivity (Wildman–Crippen MR) is 148 cm³/mol. The third-order valence-electron chi connectivity index (χ3n) is 6.63. The molecule has 4 heterocycles. The lowest BCUT2D eigenvalue weighted by Gasteiger charge is -2.30. The summed E-state index contributed by atoms with van der Waals surface area (Å²) in [5.41, 5.74) is 4.87. The Morgan fingerprint density at radius 3 is 2.62 bits per heavy atom. The van der Waals surface area contributed by atoms with Gasteiger partial charge in [-0.2, -0.15) is 0 Å². The zero-order valence-electron chi connectivity index (χ0n) is 21.2. The van der Waals surface area contributed by atoms with Crippen molar-refractivity contribution in [2.45, 2.75) is 39.7 Å². The number of piperidine rings is 1. The summed E-state index contributed by atoms with van der Waals surface area (Å²) in [6.07, 6.45) is 7.09. The zero-order chi connectivity index (χ0) is 25.9. The molecule has 3 aromatic heterocycles. The number of pyridine rings is 1. The quantitative estimate of drug-likeness (QED) is 0.320. The van der Waals surface area contributed by atoms with Gasteiger partial charge in [-0.1, -0.05) is 18.3 Å². The zero-order valence-corrected chi connectivity index (χ0v) is 22.0. The van der Waals surface area contributed by atoms with Crippen LogP contribution in [0.4, 0.5) is 15.9 Å². The highest BCUT2D eigenvalue weighted by Gasteiger charge is 2.19. The number of amides is 2. The van der Waals surface area contributed by atoms with Crippen molar-refractivity contribution >= 4 is 38.7 Å². The first-order chi connectivity index (χ1) is 17.9. The summed E-state index contributed by atoms with van der Waals surface area (Å²) < 4.78 is 0.894. The number of hydrogen-bond donors (Lipinski definition) is 3. The summed E-state index contributed by atoms with van der Waals surface area (Å²) in [5, 5.41) is 16.2. The van der Waals surface area contributed by atoms with Crippen LogP contribution >= 0.6 is 11.3 Å². The van der Waals surface area contributed by atoms with Crippen LogP contribution in [-0.2, 0) is 0 Å². The van der Waals surface area contributed by atoms with Gasteiger partial charge in [0.2, 0.25) is 5.95 Å². The van der Waals surface area contributed by atoms with Gasteiger partial charge < -0.3 is 15.3 Å². The summed E-state index contributed by atoms with van der Waals surface area (Å²) in [6, 6.07) is 7.42. The molecule has 10 heteroatoms. The number of aromatic nitrogens is 4. The van der Waals surface area contributed by atoms with Crippen LogP contribution in [-0.4, -0.2) is 50.7 Å². The standard InChI is InChI=1S/C27H31N7O2S/c1-4-28-26(36)33-27-32-23-13-19(20-14-30-25(31-15-20)34-9-6-16(2)7-10-34)11-21(24(23)37-27)22-12-18(17(3)35)5-8-29-22/h5,8,11-17,35H,4,6-7,9-10H2,1-3H3,(H2,28,32,33,36). The molecule has 1 aromatic carbocycles. The summed E-state index contributed by atoms with van der Waals surface area (Å²) >= 11 is 1.39. The average molecular weight is 518 g/mol. The molecule has 0 bridgehead atoms. The van der Waals surface area contributed by atoms with E-state index in [1.807, 2.05) is 37.5 Å². The number of nitrogens with zero attached hydrogens (tertiary/aromatic N) is 5. The number of aliphatic hydroxyl groups excluding tert-OH is 1. The van der Waals surface area contributed by atoms with Gasteiger partial charge in [0.15, 0.2) is 5.13 Å². The van der Waals surface area contributed by atoms with Crippen molar-refractivity contribution in [1.29, 1.82) is 0 Å². The lowest BCUT2D eigenvalue weighted by atomic mass is 9.99. The van der Waals surface area contributed by atoms with Gasteiger partial charge in [0.1, 0.15) is 0 Å². The second-order valence-electron chi connectivity index (χ2n) is 9.47. The number of rotatable bonds is 6. The van der Waals surface area contributed by atoms with E-state index < -0.39 is 6.10 Å². The predicted octanol–water partition coefficient (Wildman–Crippen LogP) is 5.25. The molecule has 0 aliphatic carbocycles. The first kappa shape index (κ1) is 25.0. The molecule has 1 fully saturated rings. The molecule has 192 valence electrons. The number of carbonyl (C=O) groups is 1. The first-order valence-electron chi connectivity index (χ1n) is 12.6. The Labute approximate surface area is 220 Å². The highest BCUT2D eigenvalue weighted by molar-refractivity contribution is 7.22. The van der Waals surface area contributed by atoms with Gasteiger partial charge in [0.25, 0.3) is 0 Å². The number of aliphatic hydroxyl groups is 1. The van der Waals surface area contributed by atoms with Gasteiger partial charge in [-0.05, 0) is 68.0 Å². The molecule has 9 nitrogen and oxygen atoms in total. The number of fused-ring (bicyclic) bond motifs is 1. The van der Waals surface area contributed by atoms with Crippen LogP contribution < -0.4 is 15.5 Å². The van der Waals surface area contributed by atoms with E-state index >= 15 is 0 Å². The summed E-state index contributed by atoms with van der Waals surface area (Å²) in [4.78, 5) is 33.0. The molecule has 1 unspecified atom stereocenters. The minimum atomic E-state index is -0.615. The Balaban J connectivity index is 1.55. The van der Waals surface area contributed by atoms with Crippen LogP contribution in [0.15, 0.2) is 42.9 Å². The van der Waals surface area contributed by atoms with Crippen molar-refractivity contribution < 1.29 is 9.90 Å². The van der Waals surface area contributed by atoms with E-state index in [1.54, 1.807) is 19.2 Å². The maximum atomic E-state index is 12.1. The van der Waals surface area contributed by atoms with Crippen LogP contribution in [0.1, 0.15) is 45.3 Å². The molecule has 5 rings (SSSR count). The number of hydrogen-bond acceptors (Lipinski definition) is 8. The molecule has 1 aliphatic rings. The molecule has 0 spiro atoms. The van der Waals surface area contributed by atoms with Gasteiger partial charge in [0.05, 0.1) is 22.0 Å². The minimum Gasteiger partial charge on any atom is -0.389 e. The molecule has 0 radical (unpaired) electrons. The number of urea groups is 1. The number of benzene rings is 1. The summed E-state index contributed by atoms with van der Waals surface area (Å²) in [7, 11) is 0. The van der Waals surface area contributed by atoms with Gasteiger partial charge in [-0.3, -0.25) is 10.3 Å². The first-order valence-corrected chi connectivity index (χ1v) is 13.4. The number of thiazole rings is 1. The SMILES string of the molecule is CCNC(=O)Nc1nc2cc(-c3cnc(N4CCC(C)CC4)nc3)cc(-c3cc(C(C)O)ccn3)c2s1. The maximum absolute atomic E-state index is 12.1. The van der Waals surface area contributed by atoms with Crippen molar-refractivity contribution in [3.8, 4) is 22.4 Å². The maximum Gasteiger partial charge on any atom is 0.321 e. The Hall–Kier alpha value is -3.63. The Morgan fingerprint density at radius 2 is 1.92 bits per heavy atom. The smallest absolute Gasteiger partial charge is 0.321 e. The molecule has 4 aromatic rings. The van der Waals surface area contributed by atoms with Crippen LogP contribution in [0.25, 0.3) is 32.6 Å². The van der Waals surface area contributed by atoms with E-state index in [0.717, 1.165) is 76.0 Å². The lowest BCUT2D eigenvalue weighted by Crippen LogP contribution is -2.33. The largest absolute Gasteiger partial charge is 0.389 e. The average Bonchev–Trinajstić information content (AvgIpc) is 3.31. The highest BCUT2D eigenvalue weighted by Crippen LogP contribution is 2.38. The van der Waals surface area contributed by atoms with Crippen LogP contribution in [0.2, 0.25) is 0 Å². The van der Waals surface area contributed by atoms with Gasteiger partial charge >= 0.3 is 6.03 Å².